The van der Waals surface area contributed by atoms with E-state index in [9.17, 15) is 4.79 Å². The van der Waals surface area contributed by atoms with Crippen LogP contribution in [0.5, 0.6) is 0 Å². The van der Waals surface area contributed by atoms with Gasteiger partial charge in [0.25, 0.3) is 5.91 Å². The zero-order chi connectivity index (χ0) is 18.8. The maximum absolute atomic E-state index is 12.5. The number of hydrogen-bond acceptors (Lipinski definition) is 4. The summed E-state index contributed by atoms with van der Waals surface area (Å²) in [5.74, 6) is -0.193. The van der Waals surface area contributed by atoms with Crippen LogP contribution in [0.15, 0.2) is 48.8 Å². The zero-order valence-electron chi connectivity index (χ0n) is 15.2. The summed E-state index contributed by atoms with van der Waals surface area (Å²) in [6.45, 7) is 2.73. The van der Waals surface area contributed by atoms with E-state index in [1.54, 1.807) is 19.5 Å². The molecule has 4 rings (SSSR count). The highest BCUT2D eigenvalue weighted by molar-refractivity contribution is 6.12. The summed E-state index contributed by atoms with van der Waals surface area (Å²) in [5.41, 5.74) is 4.96. The maximum Gasteiger partial charge on any atom is 0.270 e. The normalized spacial score (nSPS) is 11.2. The molecule has 3 aromatic heterocycles. The fourth-order valence-corrected chi connectivity index (χ4v) is 3.38. The van der Waals surface area contributed by atoms with Gasteiger partial charge in [0.2, 0.25) is 0 Å². The zero-order valence-corrected chi connectivity index (χ0v) is 15.2. The van der Waals surface area contributed by atoms with Crippen molar-refractivity contribution in [1.29, 1.82) is 0 Å². The minimum absolute atomic E-state index is 0.193. The van der Waals surface area contributed by atoms with Crippen molar-refractivity contribution in [2.45, 2.75) is 13.5 Å². The van der Waals surface area contributed by atoms with Gasteiger partial charge in [-0.1, -0.05) is 12.1 Å². The number of nitrogens with zero attached hydrogens (tertiary/aromatic N) is 2. The number of methoxy groups -OCH3 is 1. The van der Waals surface area contributed by atoms with E-state index >= 15 is 0 Å². The van der Waals surface area contributed by atoms with Crippen LogP contribution in [0, 0.1) is 0 Å². The van der Waals surface area contributed by atoms with Crippen LogP contribution in [-0.4, -0.2) is 34.5 Å². The first-order valence-corrected chi connectivity index (χ1v) is 8.84. The average Bonchev–Trinajstić information content (AvgIpc) is 3.07. The predicted molar refractivity (Wildman–Crippen MR) is 106 cm³/mol. The average molecular weight is 360 g/mol. The Morgan fingerprint density at radius 3 is 2.81 bits per heavy atom. The molecule has 136 valence electrons. The second kappa shape index (κ2) is 7.17. The maximum atomic E-state index is 12.5. The number of aromatic amines is 1. The van der Waals surface area contributed by atoms with Crippen molar-refractivity contribution in [3.63, 3.8) is 0 Å². The Hall–Kier alpha value is -3.25. The van der Waals surface area contributed by atoms with Crippen molar-refractivity contribution in [3.8, 4) is 11.3 Å². The van der Waals surface area contributed by atoms with Crippen molar-refractivity contribution in [3.05, 3.63) is 60.0 Å². The summed E-state index contributed by atoms with van der Waals surface area (Å²) < 4.78 is 5.39. The smallest absolute Gasteiger partial charge is 0.270 e. The van der Waals surface area contributed by atoms with E-state index in [4.69, 9.17) is 4.74 Å². The lowest BCUT2D eigenvalue weighted by Crippen LogP contribution is -2.25. The quantitative estimate of drug-likeness (QED) is 0.569. The lowest BCUT2D eigenvalue weighted by atomic mass is 10.0. The largest absolute Gasteiger partial charge is 0.380 e. The number of benzene rings is 1. The molecule has 1 amide bonds. The van der Waals surface area contributed by atoms with Crippen molar-refractivity contribution in [1.82, 2.24) is 20.3 Å². The fourth-order valence-electron chi connectivity index (χ4n) is 3.38. The summed E-state index contributed by atoms with van der Waals surface area (Å²) in [6.07, 6.45) is 3.49. The number of H-pyrrole nitrogens is 1. The summed E-state index contributed by atoms with van der Waals surface area (Å²) >= 11 is 0. The number of aromatic nitrogens is 3. The van der Waals surface area contributed by atoms with Gasteiger partial charge in [-0.2, -0.15) is 0 Å². The number of fused-ring (bicyclic) bond motifs is 3. The van der Waals surface area contributed by atoms with E-state index in [2.05, 4.69) is 26.3 Å². The molecular formula is C21H20N4O2. The van der Waals surface area contributed by atoms with E-state index < -0.39 is 0 Å². The summed E-state index contributed by atoms with van der Waals surface area (Å²) in [5, 5.41) is 4.81. The molecule has 0 fully saturated rings. The van der Waals surface area contributed by atoms with E-state index in [0.29, 0.717) is 18.8 Å². The minimum atomic E-state index is -0.193. The van der Waals surface area contributed by atoms with Gasteiger partial charge >= 0.3 is 0 Å². The molecule has 6 heteroatoms. The molecule has 0 unspecified atom stereocenters. The molecule has 0 aliphatic carbocycles. The van der Waals surface area contributed by atoms with Gasteiger partial charge in [-0.15, -0.1) is 0 Å². The number of amides is 1. The molecule has 0 bridgehead atoms. The van der Waals surface area contributed by atoms with Gasteiger partial charge in [-0.3, -0.25) is 9.78 Å². The Kier molecular flexibility index (Phi) is 4.56. The van der Waals surface area contributed by atoms with Crippen molar-refractivity contribution < 1.29 is 9.53 Å². The Labute approximate surface area is 156 Å². The second-order valence-electron chi connectivity index (χ2n) is 6.27. The van der Waals surface area contributed by atoms with Gasteiger partial charge in [0, 0.05) is 47.3 Å². The van der Waals surface area contributed by atoms with Gasteiger partial charge < -0.3 is 15.0 Å². The van der Waals surface area contributed by atoms with Crippen LogP contribution in [0.3, 0.4) is 0 Å². The number of rotatable bonds is 5. The van der Waals surface area contributed by atoms with Crippen molar-refractivity contribution in [2.24, 2.45) is 0 Å². The Morgan fingerprint density at radius 2 is 2.07 bits per heavy atom. The van der Waals surface area contributed by atoms with Crippen LogP contribution in [0.4, 0.5) is 0 Å². The first-order chi connectivity index (χ1) is 13.2. The second-order valence-corrected chi connectivity index (χ2v) is 6.27. The summed E-state index contributed by atoms with van der Waals surface area (Å²) in [7, 11) is 1.62. The number of ether oxygens (including phenoxy) is 1. The van der Waals surface area contributed by atoms with Crippen LogP contribution in [-0.2, 0) is 11.3 Å². The molecule has 27 heavy (non-hydrogen) atoms. The van der Waals surface area contributed by atoms with Crippen LogP contribution >= 0.6 is 0 Å². The van der Waals surface area contributed by atoms with Crippen LogP contribution in [0.1, 0.15) is 23.0 Å². The third-order valence-electron chi connectivity index (χ3n) is 4.54. The lowest BCUT2D eigenvalue weighted by molar-refractivity contribution is 0.0946. The highest BCUT2D eigenvalue weighted by atomic mass is 16.5. The number of pyridine rings is 2. The predicted octanol–water partition coefficient (Wildman–Crippen LogP) is 3.67. The van der Waals surface area contributed by atoms with E-state index in [0.717, 1.165) is 38.6 Å². The number of hydrogen-bond donors (Lipinski definition) is 2. The van der Waals surface area contributed by atoms with E-state index in [1.807, 2.05) is 37.3 Å². The third kappa shape index (κ3) is 3.04. The van der Waals surface area contributed by atoms with E-state index in [-0.39, 0.29) is 5.91 Å². The number of carbonyl (C=O) groups is 1. The van der Waals surface area contributed by atoms with Gasteiger partial charge in [0.05, 0.1) is 24.0 Å². The molecule has 0 saturated heterocycles. The van der Waals surface area contributed by atoms with Crippen LogP contribution < -0.4 is 5.32 Å². The standard InChI is InChI=1S/C21H20N4O2/c1-3-22-21(26)20-15(12-27-2)19-14-10-13(16-6-4-5-9-23-16)7-8-17(14)25-18(19)11-24-20/h4-11,25H,3,12H2,1-2H3,(H,22,26). The molecule has 0 radical (unpaired) electrons. The van der Waals surface area contributed by atoms with Crippen LogP contribution in [0.2, 0.25) is 0 Å². The topological polar surface area (TPSA) is 79.9 Å². The van der Waals surface area contributed by atoms with Crippen LogP contribution in [0.25, 0.3) is 33.1 Å². The molecule has 0 spiro atoms. The monoisotopic (exact) mass is 360 g/mol. The third-order valence-corrected chi connectivity index (χ3v) is 4.54. The Morgan fingerprint density at radius 1 is 1.19 bits per heavy atom. The first kappa shape index (κ1) is 17.2. The molecule has 2 N–H and O–H groups in total. The molecule has 0 atom stereocenters. The highest BCUT2D eigenvalue weighted by Crippen LogP contribution is 2.32. The van der Waals surface area contributed by atoms with Crippen molar-refractivity contribution >= 4 is 27.7 Å². The summed E-state index contributed by atoms with van der Waals surface area (Å²) in [6, 6.07) is 12.0. The van der Waals surface area contributed by atoms with E-state index in [1.165, 1.54) is 0 Å². The molecule has 0 aliphatic heterocycles. The molecule has 4 aromatic rings. The highest BCUT2D eigenvalue weighted by Gasteiger charge is 2.19. The number of nitrogens with one attached hydrogen (secondary N) is 2. The molecule has 0 aliphatic rings. The van der Waals surface area contributed by atoms with Gasteiger partial charge in [0.1, 0.15) is 5.69 Å². The Bertz CT molecular complexity index is 1120. The minimum Gasteiger partial charge on any atom is -0.380 e. The molecule has 1 aromatic carbocycles. The van der Waals surface area contributed by atoms with Crippen molar-refractivity contribution in [2.75, 3.05) is 13.7 Å². The Balaban J connectivity index is 1.98. The number of carbonyl (C=O) groups excluding carboxylic acids is 1. The van der Waals surface area contributed by atoms with Gasteiger partial charge in [-0.25, -0.2) is 4.98 Å². The fraction of sp³-hybridized carbons (Fsp3) is 0.190. The molecule has 6 nitrogen and oxygen atoms in total. The molecule has 3 heterocycles. The first-order valence-electron chi connectivity index (χ1n) is 8.84. The molecular weight excluding hydrogens is 340 g/mol. The lowest BCUT2D eigenvalue weighted by Gasteiger charge is -2.10. The van der Waals surface area contributed by atoms with Gasteiger partial charge in [-0.05, 0) is 31.2 Å². The SMILES string of the molecule is CCNC(=O)c1ncc2[nH]c3ccc(-c4ccccn4)cc3c2c1COC. The molecule has 0 saturated carbocycles. The summed E-state index contributed by atoms with van der Waals surface area (Å²) in [4.78, 5) is 24.7. The van der Waals surface area contributed by atoms with Gasteiger partial charge in [0.15, 0.2) is 0 Å².